The van der Waals surface area contributed by atoms with Gasteiger partial charge in [0.1, 0.15) is 5.69 Å². The first-order chi connectivity index (χ1) is 14.8. The fraction of sp³-hybridized carbons (Fsp3) is 0.524. The van der Waals surface area contributed by atoms with Gasteiger partial charge in [-0.25, -0.2) is 4.98 Å². The largest absolute Gasteiger partial charge is 0.417 e. The van der Waals surface area contributed by atoms with Gasteiger partial charge in [-0.1, -0.05) is 12.1 Å². The van der Waals surface area contributed by atoms with Gasteiger partial charge < -0.3 is 9.42 Å². The molecule has 5 rings (SSSR count). The number of carbonyl (C=O) groups excluding carboxylic acids is 1. The van der Waals surface area contributed by atoms with Crippen molar-refractivity contribution in [2.24, 2.45) is 0 Å². The molecule has 3 aromatic heterocycles. The van der Waals surface area contributed by atoms with Crippen LogP contribution in [0.3, 0.4) is 0 Å². The zero-order valence-electron chi connectivity index (χ0n) is 17.0. The van der Waals surface area contributed by atoms with Crippen LogP contribution in [0.4, 0.5) is 13.2 Å². The van der Waals surface area contributed by atoms with Gasteiger partial charge in [-0.2, -0.15) is 18.3 Å². The number of aromatic nitrogens is 4. The summed E-state index contributed by atoms with van der Waals surface area (Å²) in [5, 5.41) is 11.0. The predicted molar refractivity (Wildman–Crippen MR) is 105 cm³/mol. The Morgan fingerprint density at radius 2 is 2.06 bits per heavy atom. The van der Waals surface area contributed by atoms with Gasteiger partial charge in [0, 0.05) is 36.3 Å². The quantitative estimate of drug-likeness (QED) is 0.658. The van der Waals surface area contributed by atoms with E-state index in [1.54, 1.807) is 17.9 Å². The molecule has 1 aliphatic heterocycles. The van der Waals surface area contributed by atoms with E-state index < -0.39 is 11.7 Å². The van der Waals surface area contributed by atoms with E-state index in [-0.39, 0.29) is 35.2 Å². The molecule has 1 N–H and O–H groups in total. The Kier molecular flexibility index (Phi) is 4.75. The molecule has 0 spiro atoms. The van der Waals surface area contributed by atoms with Gasteiger partial charge in [-0.05, 0) is 44.2 Å². The number of aromatic amines is 1. The third-order valence-corrected chi connectivity index (χ3v) is 6.12. The average molecular weight is 433 g/mol. The van der Waals surface area contributed by atoms with E-state index in [4.69, 9.17) is 4.52 Å². The fourth-order valence-electron chi connectivity index (χ4n) is 4.30. The van der Waals surface area contributed by atoms with Gasteiger partial charge >= 0.3 is 6.18 Å². The van der Waals surface area contributed by atoms with Crippen LogP contribution in [0.5, 0.6) is 0 Å². The highest BCUT2D eigenvalue weighted by Gasteiger charge is 2.38. The minimum absolute atomic E-state index is 0.0974. The lowest BCUT2D eigenvalue weighted by Crippen LogP contribution is -2.39. The summed E-state index contributed by atoms with van der Waals surface area (Å²) in [5.41, 5.74) is 0.940. The topological polar surface area (TPSA) is 87.9 Å². The van der Waals surface area contributed by atoms with Crippen LogP contribution in [0.25, 0.3) is 11.1 Å². The molecular formula is C21H22F3N5O2. The summed E-state index contributed by atoms with van der Waals surface area (Å²) < 4.78 is 46.6. The lowest BCUT2D eigenvalue weighted by Gasteiger charge is -2.31. The normalized spacial score (nSPS) is 19.9. The Balaban J connectivity index is 1.45. The van der Waals surface area contributed by atoms with Crippen LogP contribution in [-0.2, 0) is 12.6 Å². The maximum atomic E-state index is 13.8. The van der Waals surface area contributed by atoms with E-state index in [2.05, 4.69) is 20.3 Å². The smallest absolute Gasteiger partial charge is 0.337 e. The van der Waals surface area contributed by atoms with Crippen molar-refractivity contribution in [3.05, 3.63) is 40.5 Å². The molecular weight excluding hydrogens is 411 g/mol. The number of likely N-dealkylation sites (tertiary alicyclic amines) is 1. The summed E-state index contributed by atoms with van der Waals surface area (Å²) in [6, 6.07) is 2.85. The molecule has 2 aliphatic rings. The molecule has 164 valence electrons. The summed E-state index contributed by atoms with van der Waals surface area (Å²) in [6.45, 7) is 2.53. The number of piperidine rings is 1. The van der Waals surface area contributed by atoms with E-state index in [0.29, 0.717) is 43.1 Å². The monoisotopic (exact) mass is 433 g/mol. The predicted octanol–water partition coefficient (Wildman–Crippen LogP) is 4.42. The Bertz CT molecular complexity index is 1130. The molecule has 1 amide bonds. The zero-order chi connectivity index (χ0) is 21.8. The summed E-state index contributed by atoms with van der Waals surface area (Å²) in [5.74, 6) is -0.134. The van der Waals surface area contributed by atoms with Crippen LogP contribution < -0.4 is 0 Å². The highest BCUT2D eigenvalue weighted by molar-refractivity contribution is 5.92. The number of hydrogen-bond acceptors (Lipinski definition) is 5. The standard InChI is InChI=1S/C21H22F3N5O2/c1-2-13-8-14(21(22,23)24)17-18(28-31-19(17)25-13)12-4-3-7-29(10-12)20(30)16-9-15(26-27-16)11-5-6-11/h8-9,11-12H,2-7,10H2,1H3,(H,26,27)/t12-/m1/s1. The Hall–Kier alpha value is -2.91. The first-order valence-corrected chi connectivity index (χ1v) is 10.6. The molecule has 0 unspecified atom stereocenters. The minimum atomic E-state index is -4.55. The van der Waals surface area contributed by atoms with E-state index in [9.17, 15) is 18.0 Å². The molecule has 31 heavy (non-hydrogen) atoms. The van der Waals surface area contributed by atoms with E-state index in [1.165, 1.54) is 0 Å². The number of carbonyl (C=O) groups is 1. The summed E-state index contributed by atoms with van der Waals surface area (Å²) in [4.78, 5) is 18.8. The third kappa shape index (κ3) is 3.68. The number of nitrogens with zero attached hydrogens (tertiary/aromatic N) is 4. The van der Waals surface area contributed by atoms with Crippen molar-refractivity contribution in [1.29, 1.82) is 0 Å². The van der Waals surface area contributed by atoms with Crippen molar-refractivity contribution in [2.45, 2.75) is 57.0 Å². The van der Waals surface area contributed by atoms with Gasteiger partial charge in [-0.3, -0.25) is 9.89 Å². The first kappa shape index (κ1) is 20.0. The number of hydrogen-bond donors (Lipinski definition) is 1. The highest BCUT2D eigenvalue weighted by atomic mass is 19.4. The van der Waals surface area contributed by atoms with E-state index in [0.717, 1.165) is 24.6 Å². The number of pyridine rings is 1. The van der Waals surface area contributed by atoms with Crippen molar-refractivity contribution in [3.8, 4) is 0 Å². The molecule has 3 aromatic rings. The fourth-order valence-corrected chi connectivity index (χ4v) is 4.30. The second-order valence-corrected chi connectivity index (χ2v) is 8.33. The van der Waals surface area contributed by atoms with Crippen molar-refractivity contribution in [1.82, 2.24) is 25.2 Å². The maximum absolute atomic E-state index is 13.8. The summed E-state index contributed by atoms with van der Waals surface area (Å²) in [7, 11) is 0. The van der Waals surface area contributed by atoms with Gasteiger partial charge in [-0.15, -0.1) is 0 Å². The Labute approximate surface area is 176 Å². The van der Waals surface area contributed by atoms with Crippen molar-refractivity contribution >= 4 is 17.0 Å². The van der Waals surface area contributed by atoms with Crippen LogP contribution in [-0.4, -0.2) is 44.2 Å². The first-order valence-electron chi connectivity index (χ1n) is 10.6. The van der Waals surface area contributed by atoms with Gasteiger partial charge in [0.15, 0.2) is 0 Å². The zero-order valence-corrected chi connectivity index (χ0v) is 17.0. The SMILES string of the molecule is CCc1cc(C(F)(F)F)c2c([C@@H]3CCCN(C(=O)c4cc(C5CC5)[nH]n4)C3)noc2n1. The minimum Gasteiger partial charge on any atom is -0.337 e. The Morgan fingerprint density at radius 1 is 1.26 bits per heavy atom. The van der Waals surface area contributed by atoms with Crippen molar-refractivity contribution in [3.63, 3.8) is 0 Å². The van der Waals surface area contributed by atoms with Crippen LogP contribution in [0.2, 0.25) is 0 Å². The Morgan fingerprint density at radius 3 is 2.77 bits per heavy atom. The van der Waals surface area contributed by atoms with Gasteiger partial charge in [0.05, 0.1) is 16.6 Å². The molecule has 1 saturated carbocycles. The molecule has 0 radical (unpaired) electrons. The number of rotatable bonds is 4. The molecule has 4 heterocycles. The molecule has 2 fully saturated rings. The molecule has 1 aliphatic carbocycles. The lowest BCUT2D eigenvalue weighted by atomic mass is 9.91. The van der Waals surface area contributed by atoms with Crippen molar-refractivity contribution in [2.75, 3.05) is 13.1 Å². The second kappa shape index (κ2) is 7.35. The number of nitrogens with one attached hydrogen (secondary N) is 1. The highest BCUT2D eigenvalue weighted by Crippen LogP contribution is 2.41. The number of fused-ring (bicyclic) bond motifs is 1. The molecule has 0 bridgehead atoms. The van der Waals surface area contributed by atoms with Gasteiger partial charge in [0.2, 0.25) is 0 Å². The molecule has 0 aromatic carbocycles. The van der Waals surface area contributed by atoms with Crippen LogP contribution in [0.15, 0.2) is 16.7 Å². The number of aryl methyl sites for hydroxylation is 1. The lowest BCUT2D eigenvalue weighted by molar-refractivity contribution is -0.136. The number of alkyl halides is 3. The molecule has 1 atom stereocenters. The van der Waals surface area contributed by atoms with Crippen LogP contribution in [0.1, 0.15) is 77.6 Å². The molecule has 1 saturated heterocycles. The summed E-state index contributed by atoms with van der Waals surface area (Å²) >= 11 is 0. The van der Waals surface area contributed by atoms with E-state index >= 15 is 0 Å². The van der Waals surface area contributed by atoms with Gasteiger partial charge in [0.25, 0.3) is 11.6 Å². The van der Waals surface area contributed by atoms with Crippen molar-refractivity contribution < 1.29 is 22.5 Å². The number of halogens is 3. The third-order valence-electron chi connectivity index (χ3n) is 6.12. The van der Waals surface area contributed by atoms with Crippen LogP contribution in [0, 0.1) is 0 Å². The number of amides is 1. The average Bonchev–Trinajstić information content (AvgIpc) is 3.33. The molecule has 7 nitrogen and oxygen atoms in total. The molecule has 10 heteroatoms. The summed E-state index contributed by atoms with van der Waals surface area (Å²) in [6.07, 6.45) is -0.734. The second-order valence-electron chi connectivity index (χ2n) is 8.33. The van der Waals surface area contributed by atoms with E-state index in [1.807, 2.05) is 0 Å². The maximum Gasteiger partial charge on any atom is 0.417 e. The number of H-pyrrole nitrogens is 1. The van der Waals surface area contributed by atoms with Crippen LogP contribution >= 0.6 is 0 Å².